The first kappa shape index (κ1) is 13.0. The zero-order valence-electron chi connectivity index (χ0n) is 10.5. The largest absolute Gasteiger partial charge is 0.107 e. The second-order valence-corrected chi connectivity index (χ2v) is 9.88. The summed E-state index contributed by atoms with van der Waals surface area (Å²) >= 11 is 0. The van der Waals surface area contributed by atoms with E-state index in [1.165, 1.54) is 30.0 Å². The van der Waals surface area contributed by atoms with Crippen LogP contribution in [0.25, 0.3) is 6.08 Å². The zero-order chi connectivity index (χ0) is 12.0. The lowest BCUT2D eigenvalue weighted by Gasteiger charge is -2.16. The van der Waals surface area contributed by atoms with Crippen molar-refractivity contribution in [1.82, 2.24) is 0 Å². The van der Waals surface area contributed by atoms with Gasteiger partial charge in [0, 0.05) is 0 Å². The van der Waals surface area contributed by atoms with Gasteiger partial charge in [0.05, 0.1) is 8.07 Å². The monoisotopic (exact) mass is 230 g/mol. The fourth-order valence-electron chi connectivity index (χ4n) is 1.67. The van der Waals surface area contributed by atoms with Crippen LogP contribution in [-0.2, 0) is 6.42 Å². The molecule has 1 aromatic carbocycles. The van der Waals surface area contributed by atoms with Crippen molar-refractivity contribution in [1.29, 1.82) is 0 Å². The number of hydrogen-bond acceptors (Lipinski definition) is 0. The van der Waals surface area contributed by atoms with Crippen LogP contribution in [0.3, 0.4) is 0 Å². The molecule has 0 aliphatic heterocycles. The first-order chi connectivity index (χ1) is 7.57. The van der Waals surface area contributed by atoms with Crippen LogP contribution in [0.5, 0.6) is 0 Å². The van der Waals surface area contributed by atoms with Crippen molar-refractivity contribution in [3.63, 3.8) is 0 Å². The number of rotatable bonds is 6. The van der Waals surface area contributed by atoms with Crippen LogP contribution in [0.4, 0.5) is 0 Å². The molecule has 0 bridgehead atoms. The second kappa shape index (κ2) is 5.85. The van der Waals surface area contributed by atoms with Crippen molar-refractivity contribution in [2.45, 2.75) is 32.0 Å². The summed E-state index contributed by atoms with van der Waals surface area (Å²) in [6.07, 6.45) is 4.35. The number of aryl methyl sites for hydroxylation is 1. The van der Waals surface area contributed by atoms with E-state index in [1.54, 1.807) is 0 Å². The fourth-order valence-corrected chi connectivity index (χ4v) is 2.96. The van der Waals surface area contributed by atoms with E-state index in [9.17, 15) is 0 Å². The smallest absolute Gasteiger partial charge is 0.0709 e. The first-order valence-corrected chi connectivity index (χ1v) is 9.21. The summed E-state index contributed by atoms with van der Waals surface area (Å²) in [5.74, 6) is 0. The highest BCUT2D eigenvalue weighted by Gasteiger charge is 2.14. The molecule has 1 heteroatoms. The van der Waals surface area contributed by atoms with Crippen LogP contribution in [0, 0.1) is 0 Å². The molecule has 1 aromatic rings. The molecule has 16 heavy (non-hydrogen) atoms. The van der Waals surface area contributed by atoms with Gasteiger partial charge in [-0.3, -0.25) is 0 Å². The highest BCUT2D eigenvalue weighted by molar-refractivity contribution is 6.82. The van der Waals surface area contributed by atoms with E-state index in [4.69, 9.17) is 0 Å². The Balaban J connectivity index is 2.43. The van der Waals surface area contributed by atoms with Gasteiger partial charge in [-0.15, -0.1) is 12.3 Å². The Kier molecular flexibility index (Phi) is 4.75. The molecule has 0 atom stereocenters. The van der Waals surface area contributed by atoms with E-state index in [-0.39, 0.29) is 0 Å². The van der Waals surface area contributed by atoms with Crippen molar-refractivity contribution in [3.8, 4) is 0 Å². The minimum absolute atomic E-state index is 1.10. The third kappa shape index (κ3) is 4.19. The Labute approximate surface area is 101 Å². The summed E-state index contributed by atoms with van der Waals surface area (Å²) in [6, 6.07) is 10.0. The van der Waals surface area contributed by atoms with Gasteiger partial charge < -0.3 is 0 Å². The van der Waals surface area contributed by atoms with Gasteiger partial charge in [-0.05, 0) is 17.5 Å². The van der Waals surface area contributed by atoms with Crippen molar-refractivity contribution in [3.05, 3.63) is 54.2 Å². The van der Waals surface area contributed by atoms with E-state index in [0.717, 1.165) is 0 Å². The molecule has 0 aliphatic carbocycles. The summed E-state index contributed by atoms with van der Waals surface area (Å²) in [4.78, 5) is 0. The van der Waals surface area contributed by atoms with Gasteiger partial charge in [0.25, 0.3) is 0 Å². The van der Waals surface area contributed by atoms with Gasteiger partial charge in [0.2, 0.25) is 0 Å². The third-order valence-corrected chi connectivity index (χ3v) is 5.80. The summed E-state index contributed by atoms with van der Waals surface area (Å²) in [5, 5.41) is 0. The van der Waals surface area contributed by atoms with Gasteiger partial charge in [-0.1, -0.05) is 62.5 Å². The van der Waals surface area contributed by atoms with Crippen molar-refractivity contribution < 1.29 is 0 Å². The third-order valence-electron chi connectivity index (χ3n) is 3.05. The molecule has 0 saturated carbocycles. The summed E-state index contributed by atoms with van der Waals surface area (Å²) < 4.78 is 0. The van der Waals surface area contributed by atoms with Gasteiger partial charge in [-0.2, -0.15) is 0 Å². The van der Waals surface area contributed by atoms with Crippen molar-refractivity contribution >= 4 is 14.1 Å². The van der Waals surface area contributed by atoms with Gasteiger partial charge in [-0.25, -0.2) is 0 Å². The average Bonchev–Trinajstić information content (AvgIpc) is 2.30. The van der Waals surface area contributed by atoms with E-state index in [0.29, 0.717) is 0 Å². The summed E-state index contributed by atoms with van der Waals surface area (Å²) in [5.41, 5.74) is 4.82. The molecule has 0 saturated heterocycles. The van der Waals surface area contributed by atoms with E-state index >= 15 is 0 Å². The molecule has 0 aliphatic rings. The number of benzene rings is 1. The van der Waals surface area contributed by atoms with Gasteiger partial charge >= 0.3 is 0 Å². The van der Waals surface area contributed by atoms with Crippen molar-refractivity contribution in [2.24, 2.45) is 0 Å². The molecule has 0 aromatic heterocycles. The molecule has 0 amide bonds. The standard InChI is InChI=1S/C15H22Si/c1-5-14-9-11-15(12-10-14)8-7-13-16(3,4)6-2/h5-6,9-12H,1-2,7-8,13H2,3-4H3. The van der Waals surface area contributed by atoms with Crippen LogP contribution in [0.1, 0.15) is 17.5 Å². The topological polar surface area (TPSA) is 0 Å². The molecule has 0 unspecified atom stereocenters. The molecular formula is C15H22Si. The van der Waals surface area contributed by atoms with E-state index < -0.39 is 8.07 Å². The summed E-state index contributed by atoms with van der Waals surface area (Å²) in [7, 11) is -1.10. The lowest BCUT2D eigenvalue weighted by molar-refractivity contribution is 0.904. The summed E-state index contributed by atoms with van der Waals surface area (Å²) in [6.45, 7) is 12.4. The highest BCUT2D eigenvalue weighted by Crippen LogP contribution is 2.16. The Bertz CT molecular complexity index is 346. The van der Waals surface area contributed by atoms with Crippen molar-refractivity contribution in [2.75, 3.05) is 0 Å². The Hall–Kier alpha value is -1.08. The average molecular weight is 230 g/mol. The lowest BCUT2D eigenvalue weighted by Crippen LogP contribution is -2.21. The minimum Gasteiger partial charge on any atom is -0.107 e. The zero-order valence-corrected chi connectivity index (χ0v) is 11.5. The molecule has 0 radical (unpaired) electrons. The molecule has 0 N–H and O–H groups in total. The number of hydrogen-bond donors (Lipinski definition) is 0. The first-order valence-electron chi connectivity index (χ1n) is 5.92. The maximum Gasteiger partial charge on any atom is 0.0709 e. The van der Waals surface area contributed by atoms with E-state index in [2.05, 4.69) is 56.2 Å². The molecule has 0 fully saturated rings. The van der Waals surface area contributed by atoms with Gasteiger partial charge in [0.1, 0.15) is 0 Å². The Morgan fingerprint density at radius 1 is 1.12 bits per heavy atom. The quantitative estimate of drug-likeness (QED) is 0.622. The molecular weight excluding hydrogens is 208 g/mol. The fraction of sp³-hybridized carbons (Fsp3) is 0.333. The van der Waals surface area contributed by atoms with Gasteiger partial charge in [0.15, 0.2) is 0 Å². The predicted molar refractivity (Wildman–Crippen MR) is 77.3 cm³/mol. The van der Waals surface area contributed by atoms with Crippen LogP contribution in [0.15, 0.2) is 43.1 Å². The van der Waals surface area contributed by atoms with Crippen LogP contribution in [-0.4, -0.2) is 8.07 Å². The molecule has 0 nitrogen and oxygen atoms in total. The van der Waals surface area contributed by atoms with Crippen LogP contribution < -0.4 is 0 Å². The Morgan fingerprint density at radius 2 is 1.75 bits per heavy atom. The molecule has 1 rings (SSSR count). The van der Waals surface area contributed by atoms with E-state index in [1.807, 2.05) is 6.08 Å². The predicted octanol–water partition coefficient (Wildman–Crippen LogP) is 4.70. The Morgan fingerprint density at radius 3 is 2.25 bits per heavy atom. The maximum absolute atomic E-state index is 3.93. The van der Waals surface area contributed by atoms with Crippen LogP contribution >= 0.6 is 0 Å². The maximum atomic E-state index is 3.93. The molecule has 0 heterocycles. The molecule has 86 valence electrons. The lowest BCUT2D eigenvalue weighted by atomic mass is 10.1. The second-order valence-electron chi connectivity index (χ2n) is 4.99. The normalized spacial score (nSPS) is 11.1. The highest BCUT2D eigenvalue weighted by atomic mass is 28.3. The van der Waals surface area contributed by atoms with Crippen LogP contribution in [0.2, 0.25) is 19.1 Å². The molecule has 0 spiro atoms. The SMILES string of the molecule is C=Cc1ccc(CCC[Si](C)(C)C=C)cc1. The minimum atomic E-state index is -1.10.